The van der Waals surface area contributed by atoms with Crippen molar-refractivity contribution in [3.05, 3.63) is 441 Å². The largest absolute Gasteiger partial charge is 0.358 e. The Balaban J connectivity index is 0.000000253. The molecule has 0 spiro atoms. The molecule has 29 heteroatoms. The Labute approximate surface area is 1040 Å². The Morgan fingerprint density at radius 1 is 0.214 bits per heavy atom. The zero-order valence-corrected chi connectivity index (χ0v) is 108. The van der Waals surface area contributed by atoms with Crippen molar-refractivity contribution < 1.29 is 317 Å². The summed E-state index contributed by atoms with van der Waals surface area (Å²) in [7, 11) is 0. The maximum absolute atomic E-state index is 5.01. The van der Waals surface area contributed by atoms with Crippen LogP contribution < -0.4 is 0 Å². The molecule has 17 nitrogen and oxygen atoms in total. The Bertz CT molecular complexity index is 8630. The first-order valence-corrected chi connectivity index (χ1v) is 39.9. The van der Waals surface area contributed by atoms with E-state index < -0.39 is 0 Å². The average Bonchev–Trinajstić information content (AvgIpc) is 1.50. The third kappa shape index (κ3) is 21.7. The number of fused-ring (bicyclic) bond motifs is 45. The van der Waals surface area contributed by atoms with Crippen LogP contribution in [0.25, 0.3) is 219 Å². The van der Waals surface area contributed by atoms with Crippen molar-refractivity contribution >= 4 is 219 Å². The molecule has 0 fully saturated rings. The second kappa shape index (κ2) is 53.2. The van der Waals surface area contributed by atoms with E-state index in [0.29, 0.717) is 0 Å². The maximum Gasteiger partial charge on any atom is 0.0774 e. The minimum absolute atomic E-state index is 0. The Morgan fingerprint density at radius 2 is 0.564 bits per heavy atom. The summed E-state index contributed by atoms with van der Waals surface area (Å²) in [6, 6.07) is 111. The van der Waals surface area contributed by atoms with Crippen LogP contribution in [0.3, 0.4) is 0 Å². The summed E-state index contributed by atoms with van der Waals surface area (Å²) < 4.78 is 12.9. The van der Waals surface area contributed by atoms with E-state index in [4.69, 9.17) is 15.0 Å². The number of imidazole rings is 6. The van der Waals surface area contributed by atoms with E-state index in [2.05, 4.69) is 242 Å². The van der Waals surface area contributed by atoms with Crippen LogP contribution in [0, 0.1) is 81.0 Å². The van der Waals surface area contributed by atoms with Crippen LogP contribution in [0.15, 0.2) is 360 Å². The molecular weight excluding hydrogens is 3260 g/mol. The van der Waals surface area contributed by atoms with Gasteiger partial charge in [0, 0.05) is 426 Å². The van der Waals surface area contributed by atoms with Gasteiger partial charge in [-0.1, -0.05) is 164 Å². The average molecular weight is 3340 g/mol. The molecule has 0 aliphatic rings. The van der Waals surface area contributed by atoms with Crippen molar-refractivity contribution in [2.75, 3.05) is 0 Å². The van der Waals surface area contributed by atoms with E-state index in [1.165, 1.54) is 54.0 Å². The molecule has 0 saturated heterocycles. The standard InChI is InChI=1S/C27H15N2.2C18H10N3.3C14H8N3.6CH3.6Ir.6Y/c1-2-9-19-16-25-22(15-18(19)8-1)26-20-10-4-3-7-17(20)13-14-21(26)27-28-23-11-5-6-12-24(23)29(25)27;1-2-6-14-12(5-1)13-9-10-19-11-17(13)21-16-8-4-3-7-15(16)20-18(14)21;1-2-6-13-12(5-1)14-11-19-10-9-16(14)21-17-8-4-3-7-15(17)20-18(13)21;1-2-6-12-10(4-1)13-11(5-3-7-15-13)14-16-8-9-17(12)14;1-2-4-12-10(3-1)11-5-6-15-9-13(11)17-8-7-16-14(12)17;1-2-4-11-10(3-1)12-9-15-6-5-13(12)17-8-7-16-14(11)17;;;;;;;;;;;;;;;;;;/h1-13,15-16H;2*1-5,7-11H;1-4,6-9H;2*1-3,5-9H;6*1H3;;;;;;;;;;;;/q12*-1;;;;;;;;;;;;. The second-order valence-corrected chi connectivity index (χ2v) is 29.7. The number of pyridine rings is 11. The Hall–Kier alpha value is -6.53. The van der Waals surface area contributed by atoms with Gasteiger partial charge < -0.3 is 75.9 Å². The number of rotatable bonds is 0. The molecule has 0 unspecified atom stereocenters. The van der Waals surface area contributed by atoms with Crippen molar-refractivity contribution in [2.45, 2.75) is 0 Å². The SMILES string of the molecule is [CH3-].[CH3-].[CH3-].[CH3-].[CH3-].[CH3-].[Ir].[Ir].[Ir].[Ir].[Ir].[Ir].[Y].[Y].[Y].[Y].[Y].[Y].[c-]1cc2ccccc2c2c1c1nc3ccccc3n1c1cc3ccccc3cc21.[c-]1cccc2c1c1nc3ccccc3n1c1ccncc21.[c-]1cccc2c1c1nc3ccccc3n1c1cnccc21.[c-]1cccc2c1c1nccn1c1ccncc21.[c-]1cccc2c1c1nccn1c1cnccc21.[c-]1ccnc2c1c1nccn1c1ccccc21. The van der Waals surface area contributed by atoms with Gasteiger partial charge in [-0.2, -0.15) is 0 Å². The fourth-order valence-electron chi connectivity index (χ4n) is 17.8. The molecule has 0 aliphatic heterocycles. The predicted molar refractivity (Wildman–Crippen MR) is 529 cm³/mol. The zero-order chi connectivity index (χ0) is 80.3. The third-order valence-corrected chi connectivity index (χ3v) is 23.1. The number of hydrogen-bond acceptors (Lipinski definition) is 11. The summed E-state index contributed by atoms with van der Waals surface area (Å²) in [6.07, 6.45) is 28.0. The molecule has 29 aromatic rings. The van der Waals surface area contributed by atoms with E-state index >= 15 is 0 Å². The molecule has 17 heterocycles. The van der Waals surface area contributed by atoms with Gasteiger partial charge >= 0.3 is 0 Å². The van der Waals surface area contributed by atoms with Crippen LogP contribution in [0.2, 0.25) is 0 Å². The molecule has 0 aliphatic carbocycles. The first-order chi connectivity index (χ1) is 60.6. The summed E-state index contributed by atoms with van der Waals surface area (Å²) in [4.78, 5) is 49.2. The second-order valence-electron chi connectivity index (χ2n) is 29.7. The minimum Gasteiger partial charge on any atom is -0.358 e. The van der Waals surface area contributed by atoms with E-state index in [9.17, 15) is 0 Å². The number of aromatic nitrogens is 17. The number of benzene rings is 12. The molecule has 29 rings (SSSR count). The normalized spacial score (nSPS) is 10.3. The predicted octanol–water partition coefficient (Wildman–Crippen LogP) is 26.1. The maximum atomic E-state index is 5.01. The summed E-state index contributed by atoms with van der Waals surface area (Å²) >= 11 is 0. The molecule has 17 aromatic heterocycles. The first-order valence-electron chi connectivity index (χ1n) is 39.9. The van der Waals surface area contributed by atoms with Crippen LogP contribution in [0.4, 0.5) is 0 Å². The van der Waals surface area contributed by atoms with Gasteiger partial charge in [0.25, 0.3) is 0 Å². The molecule has 690 valence electrons. The topological polar surface area (TPSA) is 168 Å². The van der Waals surface area contributed by atoms with Gasteiger partial charge in [-0.25, -0.2) is 0 Å². The summed E-state index contributed by atoms with van der Waals surface area (Å²) in [5, 5.41) is 24.0. The Morgan fingerprint density at radius 3 is 1.08 bits per heavy atom. The number of para-hydroxylation sites is 7. The van der Waals surface area contributed by atoms with Crippen molar-refractivity contribution in [3.8, 4) is 0 Å². The monoisotopic (exact) mass is 3340 g/mol. The molecular formula is C111H77Ir6N17Y6-12. The van der Waals surface area contributed by atoms with Crippen molar-refractivity contribution in [3.63, 3.8) is 0 Å². The van der Waals surface area contributed by atoms with Gasteiger partial charge in [0.15, 0.2) is 0 Å². The summed E-state index contributed by atoms with van der Waals surface area (Å²) in [5.74, 6) is 0. The molecule has 0 N–H and O–H groups in total. The fraction of sp³-hybridized carbons (Fsp3) is 0. The van der Waals surface area contributed by atoms with Gasteiger partial charge in [0.05, 0.1) is 78.0 Å². The van der Waals surface area contributed by atoms with E-state index in [1.807, 2.05) is 208 Å². The van der Waals surface area contributed by atoms with E-state index in [1.54, 1.807) is 12.4 Å². The number of hydrogen-bond donors (Lipinski definition) is 0. The Kier molecular flexibility index (Phi) is 46.4. The quantitative estimate of drug-likeness (QED) is 0.0805. The summed E-state index contributed by atoms with van der Waals surface area (Å²) in [5.41, 5.74) is 19.7. The van der Waals surface area contributed by atoms with Gasteiger partial charge in [0.1, 0.15) is 0 Å². The van der Waals surface area contributed by atoms with E-state index in [0.717, 1.165) is 165 Å². The number of nitrogens with zero attached hydrogens (tertiary/aromatic N) is 17. The van der Waals surface area contributed by atoms with Gasteiger partial charge in [0.2, 0.25) is 0 Å². The van der Waals surface area contributed by atoms with E-state index in [-0.39, 0.29) is 361 Å². The fourth-order valence-corrected chi connectivity index (χ4v) is 17.8. The first kappa shape index (κ1) is 122. The molecule has 12 radical (unpaired) electrons. The summed E-state index contributed by atoms with van der Waals surface area (Å²) in [6.45, 7) is 0. The van der Waals surface area contributed by atoms with Crippen LogP contribution in [0.5, 0.6) is 0 Å². The van der Waals surface area contributed by atoms with Crippen LogP contribution in [-0.4, -0.2) is 81.2 Å². The van der Waals surface area contributed by atoms with Crippen molar-refractivity contribution in [1.29, 1.82) is 0 Å². The molecule has 0 amide bonds. The minimum atomic E-state index is 0. The van der Waals surface area contributed by atoms with Gasteiger partial charge in [-0.3, -0.25) is 49.8 Å². The molecule has 12 aromatic carbocycles. The van der Waals surface area contributed by atoms with Gasteiger partial charge in [-0.05, 0) is 121 Å². The molecule has 0 saturated carbocycles. The molecule has 0 atom stereocenters. The molecule has 0 bridgehead atoms. The molecule has 140 heavy (non-hydrogen) atoms. The van der Waals surface area contributed by atoms with Crippen LogP contribution in [-0.2, 0) is 317 Å². The zero-order valence-electron chi connectivity index (χ0n) is 76.1. The van der Waals surface area contributed by atoms with Crippen molar-refractivity contribution in [2.24, 2.45) is 0 Å². The van der Waals surface area contributed by atoms with Crippen LogP contribution >= 0.6 is 0 Å². The van der Waals surface area contributed by atoms with Gasteiger partial charge in [-0.15, -0.1) is 143 Å². The smallest absolute Gasteiger partial charge is 0.0774 e. The van der Waals surface area contributed by atoms with Crippen LogP contribution in [0.1, 0.15) is 0 Å². The van der Waals surface area contributed by atoms with Crippen molar-refractivity contribution in [1.82, 2.24) is 81.2 Å². The third-order valence-electron chi connectivity index (χ3n) is 23.1.